The highest BCUT2D eigenvalue weighted by Crippen LogP contribution is 2.17. The summed E-state index contributed by atoms with van der Waals surface area (Å²) in [5.74, 6) is 3.14. The Morgan fingerprint density at radius 3 is 2.47 bits per heavy atom. The lowest BCUT2D eigenvalue weighted by Gasteiger charge is -2.15. The van der Waals surface area contributed by atoms with Crippen LogP contribution in [0.4, 0.5) is 13.2 Å². The Morgan fingerprint density at radius 2 is 1.89 bits per heavy atom. The predicted molar refractivity (Wildman–Crippen MR) is 64.3 cm³/mol. The van der Waals surface area contributed by atoms with Crippen molar-refractivity contribution >= 4 is 0 Å². The Hall–Kier alpha value is -1.92. The molecule has 0 aliphatic rings. The van der Waals surface area contributed by atoms with Gasteiger partial charge in [0, 0.05) is 0 Å². The topological polar surface area (TPSA) is 50.9 Å². The molecular formula is C13H12F3N3. The van der Waals surface area contributed by atoms with Crippen molar-refractivity contribution in [3.05, 3.63) is 65.2 Å². The van der Waals surface area contributed by atoms with E-state index in [0.29, 0.717) is 17.7 Å². The van der Waals surface area contributed by atoms with E-state index in [4.69, 9.17) is 5.84 Å². The summed E-state index contributed by atoms with van der Waals surface area (Å²) in [5.41, 5.74) is 3.60. The number of pyridine rings is 1. The molecule has 0 amide bonds. The first kappa shape index (κ1) is 13.5. The van der Waals surface area contributed by atoms with Gasteiger partial charge in [0.1, 0.15) is 5.82 Å². The Morgan fingerprint density at radius 1 is 1.11 bits per heavy atom. The van der Waals surface area contributed by atoms with E-state index in [-0.39, 0.29) is 0 Å². The van der Waals surface area contributed by atoms with Gasteiger partial charge in [0.25, 0.3) is 0 Å². The van der Waals surface area contributed by atoms with Gasteiger partial charge in [-0.3, -0.25) is 16.3 Å². The number of nitrogens with zero attached hydrogens (tertiary/aromatic N) is 1. The minimum Gasteiger partial charge on any atom is -0.271 e. The number of benzene rings is 1. The van der Waals surface area contributed by atoms with Crippen molar-refractivity contribution in [3.8, 4) is 0 Å². The van der Waals surface area contributed by atoms with Crippen LogP contribution >= 0.6 is 0 Å². The zero-order valence-electron chi connectivity index (χ0n) is 9.91. The monoisotopic (exact) mass is 267 g/mol. The fourth-order valence-corrected chi connectivity index (χ4v) is 1.74. The lowest BCUT2D eigenvalue weighted by Crippen LogP contribution is -2.30. The van der Waals surface area contributed by atoms with E-state index in [1.807, 2.05) is 0 Å². The third kappa shape index (κ3) is 3.30. The van der Waals surface area contributed by atoms with Crippen LogP contribution in [0.1, 0.15) is 17.3 Å². The lowest BCUT2D eigenvalue weighted by molar-refractivity contribution is 0.500. The molecule has 1 aromatic heterocycles. The summed E-state index contributed by atoms with van der Waals surface area (Å²) in [5, 5.41) is 0. The zero-order chi connectivity index (χ0) is 13.8. The van der Waals surface area contributed by atoms with Crippen molar-refractivity contribution in [3.63, 3.8) is 0 Å². The highest BCUT2D eigenvalue weighted by Gasteiger charge is 2.13. The van der Waals surface area contributed by atoms with Gasteiger partial charge in [-0.15, -0.1) is 0 Å². The van der Waals surface area contributed by atoms with Crippen LogP contribution in [-0.4, -0.2) is 4.98 Å². The molecule has 1 heterocycles. The Labute approximate surface area is 108 Å². The average Bonchev–Trinajstić information content (AvgIpc) is 2.41. The normalized spacial score (nSPS) is 12.4. The summed E-state index contributed by atoms with van der Waals surface area (Å²) >= 11 is 0. The van der Waals surface area contributed by atoms with Crippen LogP contribution in [0.15, 0.2) is 36.5 Å². The maximum atomic E-state index is 13.1. The van der Waals surface area contributed by atoms with Crippen molar-refractivity contribution in [1.29, 1.82) is 0 Å². The molecule has 0 aliphatic heterocycles. The molecule has 1 unspecified atom stereocenters. The number of aromatic nitrogens is 1. The van der Waals surface area contributed by atoms with E-state index >= 15 is 0 Å². The quantitative estimate of drug-likeness (QED) is 0.660. The van der Waals surface area contributed by atoms with Crippen LogP contribution in [0.5, 0.6) is 0 Å². The second kappa shape index (κ2) is 5.81. The van der Waals surface area contributed by atoms with Gasteiger partial charge >= 0.3 is 0 Å². The van der Waals surface area contributed by atoms with Gasteiger partial charge in [0.05, 0.1) is 17.9 Å². The van der Waals surface area contributed by atoms with E-state index in [9.17, 15) is 13.2 Å². The molecule has 3 N–H and O–H groups in total. The van der Waals surface area contributed by atoms with Gasteiger partial charge in [0.15, 0.2) is 11.6 Å². The molecule has 2 rings (SSSR count). The molecule has 2 aromatic rings. The highest BCUT2D eigenvalue weighted by molar-refractivity contribution is 5.21. The first-order valence-corrected chi connectivity index (χ1v) is 5.61. The number of hydrogen-bond acceptors (Lipinski definition) is 3. The standard InChI is InChI=1S/C13H12F3N3/c14-9-2-4-12(18-7-9)13(19-17)6-8-1-3-10(15)11(16)5-8/h1-5,7,13,19H,6,17H2. The maximum absolute atomic E-state index is 13.1. The summed E-state index contributed by atoms with van der Waals surface area (Å²) in [7, 11) is 0. The lowest BCUT2D eigenvalue weighted by atomic mass is 10.0. The second-order valence-corrected chi connectivity index (χ2v) is 4.07. The number of hydrogen-bond donors (Lipinski definition) is 2. The van der Waals surface area contributed by atoms with Gasteiger partial charge in [-0.1, -0.05) is 6.07 Å². The summed E-state index contributed by atoms with van der Waals surface area (Å²) in [4.78, 5) is 3.90. The minimum atomic E-state index is -0.916. The van der Waals surface area contributed by atoms with Crippen LogP contribution in [0.3, 0.4) is 0 Å². The molecule has 1 atom stereocenters. The van der Waals surface area contributed by atoms with Gasteiger partial charge in [-0.25, -0.2) is 13.2 Å². The number of nitrogens with two attached hydrogens (primary N) is 1. The van der Waals surface area contributed by atoms with Crippen LogP contribution in [0, 0.1) is 17.5 Å². The number of hydrazine groups is 1. The average molecular weight is 267 g/mol. The van der Waals surface area contributed by atoms with Gasteiger partial charge in [0.2, 0.25) is 0 Å². The number of nitrogens with one attached hydrogen (secondary N) is 1. The molecule has 19 heavy (non-hydrogen) atoms. The summed E-state index contributed by atoms with van der Waals surface area (Å²) in [6.45, 7) is 0. The minimum absolute atomic E-state index is 0.312. The van der Waals surface area contributed by atoms with Crippen LogP contribution in [0.25, 0.3) is 0 Å². The third-order valence-corrected chi connectivity index (χ3v) is 2.73. The van der Waals surface area contributed by atoms with Crippen LogP contribution < -0.4 is 11.3 Å². The molecule has 0 radical (unpaired) electrons. The summed E-state index contributed by atoms with van der Waals surface area (Å²) in [6, 6.07) is 5.95. The molecule has 0 saturated heterocycles. The first-order valence-electron chi connectivity index (χ1n) is 5.61. The number of halogens is 3. The molecule has 0 aliphatic carbocycles. The number of rotatable bonds is 4. The molecule has 0 saturated carbocycles. The Bertz CT molecular complexity index is 558. The second-order valence-electron chi connectivity index (χ2n) is 4.07. The SMILES string of the molecule is NNC(Cc1ccc(F)c(F)c1)c1ccc(F)cn1. The third-order valence-electron chi connectivity index (χ3n) is 2.73. The van der Waals surface area contributed by atoms with Gasteiger partial charge in [-0.2, -0.15) is 0 Å². The molecule has 6 heteroatoms. The van der Waals surface area contributed by atoms with E-state index < -0.39 is 23.5 Å². The Balaban J connectivity index is 2.18. The molecule has 100 valence electrons. The van der Waals surface area contributed by atoms with E-state index in [1.54, 1.807) is 0 Å². The first-order chi connectivity index (χ1) is 9.10. The fourth-order valence-electron chi connectivity index (χ4n) is 1.74. The van der Waals surface area contributed by atoms with Crippen molar-refractivity contribution in [2.75, 3.05) is 0 Å². The van der Waals surface area contributed by atoms with Crippen LogP contribution in [-0.2, 0) is 6.42 Å². The Kier molecular flexibility index (Phi) is 4.13. The summed E-state index contributed by atoms with van der Waals surface area (Å²) in [6.07, 6.45) is 1.39. The predicted octanol–water partition coefficient (Wildman–Crippen LogP) is 2.25. The van der Waals surface area contributed by atoms with Crippen molar-refractivity contribution in [1.82, 2.24) is 10.4 Å². The van der Waals surface area contributed by atoms with E-state index in [1.165, 1.54) is 18.2 Å². The highest BCUT2D eigenvalue weighted by atomic mass is 19.2. The summed E-state index contributed by atoms with van der Waals surface area (Å²) < 4.78 is 38.7. The fraction of sp³-hybridized carbons (Fsp3) is 0.154. The molecule has 3 nitrogen and oxygen atoms in total. The molecule has 0 fully saturated rings. The maximum Gasteiger partial charge on any atom is 0.159 e. The van der Waals surface area contributed by atoms with Crippen molar-refractivity contribution in [2.45, 2.75) is 12.5 Å². The molecule has 0 spiro atoms. The molecule has 1 aromatic carbocycles. The smallest absolute Gasteiger partial charge is 0.159 e. The van der Waals surface area contributed by atoms with Gasteiger partial charge in [-0.05, 0) is 36.2 Å². The van der Waals surface area contributed by atoms with E-state index in [2.05, 4.69) is 10.4 Å². The van der Waals surface area contributed by atoms with Crippen molar-refractivity contribution < 1.29 is 13.2 Å². The van der Waals surface area contributed by atoms with Crippen molar-refractivity contribution in [2.24, 2.45) is 5.84 Å². The van der Waals surface area contributed by atoms with Crippen LogP contribution in [0.2, 0.25) is 0 Å². The zero-order valence-corrected chi connectivity index (χ0v) is 9.91. The van der Waals surface area contributed by atoms with Gasteiger partial charge < -0.3 is 0 Å². The molecule has 0 bridgehead atoms. The molecular weight excluding hydrogens is 255 g/mol. The largest absolute Gasteiger partial charge is 0.271 e. The van der Waals surface area contributed by atoms with E-state index in [0.717, 1.165) is 18.3 Å².